The van der Waals surface area contributed by atoms with Crippen LogP contribution in [0.2, 0.25) is 0 Å². The van der Waals surface area contributed by atoms with Crippen LogP contribution in [0.4, 0.5) is 0 Å². The first-order chi connectivity index (χ1) is 3.13. The Labute approximate surface area is 62.3 Å². The molecule has 0 aliphatic rings. The van der Waals surface area contributed by atoms with Gasteiger partial charge in [-0.25, -0.2) is 0 Å². The van der Waals surface area contributed by atoms with Gasteiger partial charge in [0.1, 0.15) is 0 Å². The van der Waals surface area contributed by atoms with Gasteiger partial charge in [0.05, 0.1) is 0 Å². The topological polar surface area (TPSA) is 0 Å². The molecule has 0 bridgehead atoms. The highest BCUT2D eigenvalue weighted by molar-refractivity contribution is 7.76. The van der Waals surface area contributed by atoms with E-state index in [1.165, 1.54) is 0 Å². The first-order valence-corrected chi connectivity index (χ1v) is 15.6. The lowest BCUT2D eigenvalue weighted by Crippen LogP contribution is -2.38. The minimum Gasteiger partial charge on any atom is -0.00334 e. The maximum absolute atomic E-state index is 3.56. The van der Waals surface area contributed by atoms with Crippen molar-refractivity contribution in [3.8, 4) is 0 Å². The van der Waals surface area contributed by atoms with Gasteiger partial charge in [-0.3, -0.25) is 0 Å². The lowest BCUT2D eigenvalue weighted by molar-refractivity contribution is 3.76. The molecule has 0 aromatic rings. The molecule has 14 radical (unpaired) electrons. The van der Waals surface area contributed by atoms with Crippen LogP contribution in [0.1, 0.15) is 0 Å². The zero-order valence-electron chi connectivity index (χ0n) is 3.65. The second kappa shape index (κ2) is 4.40. The Morgan fingerprint density at radius 3 is 1.14 bits per heavy atom. The van der Waals surface area contributed by atoms with E-state index in [9.17, 15) is 0 Å². The van der Waals surface area contributed by atoms with E-state index in [2.05, 4.69) is 39.0 Å². The Balaban J connectivity index is 2.95. The molecule has 0 aromatic carbocycles. The standard InChI is InChI=1S/H2Si7/c1-6(2)5-7(3)4/h6-7H. The fraction of sp³-hybridized carbons (Fsp3) is 0. The second-order valence-electron chi connectivity index (χ2n) is 1.03. The molecule has 0 saturated carbocycles. The predicted octanol–water partition coefficient (Wildman–Crippen LogP) is -3.20. The van der Waals surface area contributed by atoms with Crippen LogP contribution in [0.5, 0.6) is 0 Å². The van der Waals surface area contributed by atoms with Crippen LogP contribution < -0.4 is 0 Å². The third-order valence-corrected chi connectivity index (χ3v) is 27.0. The van der Waals surface area contributed by atoms with Crippen molar-refractivity contribution >= 4 is 62.3 Å². The lowest BCUT2D eigenvalue weighted by atomic mass is 26.1. The molecule has 0 aliphatic carbocycles. The quantitative estimate of drug-likeness (QED) is 0.410. The Morgan fingerprint density at radius 1 is 0.857 bits per heavy atom. The highest BCUT2D eigenvalue weighted by Crippen LogP contribution is 1.62. The predicted molar refractivity (Wildman–Crippen MR) is 43.1 cm³/mol. The summed E-state index contributed by atoms with van der Waals surface area (Å²) in [6, 6.07) is 0. The SMILES string of the molecule is [Si][SiH]([Si])[Si][SiH]([Si])[Si]. The summed E-state index contributed by atoms with van der Waals surface area (Å²) in [4.78, 5) is 0. The van der Waals surface area contributed by atoms with Crippen molar-refractivity contribution in [1.29, 1.82) is 0 Å². The third kappa shape index (κ3) is 7.52. The van der Waals surface area contributed by atoms with Crippen molar-refractivity contribution in [2.45, 2.75) is 0 Å². The van der Waals surface area contributed by atoms with Gasteiger partial charge in [-0.2, -0.15) is 0 Å². The average molecular weight is 199 g/mol. The fourth-order valence-electron chi connectivity index (χ4n) is 0.167. The summed E-state index contributed by atoms with van der Waals surface area (Å²) >= 11 is 0. The summed E-state index contributed by atoms with van der Waals surface area (Å²) in [5.41, 5.74) is 0. The van der Waals surface area contributed by atoms with Crippen molar-refractivity contribution in [3.63, 3.8) is 0 Å². The minimum atomic E-state index is -0.625. The van der Waals surface area contributed by atoms with Gasteiger partial charge in [0, 0.05) is 0 Å². The van der Waals surface area contributed by atoms with Gasteiger partial charge in [-0.15, -0.1) is 0 Å². The molecule has 0 unspecified atom stereocenters. The maximum atomic E-state index is 3.56. The summed E-state index contributed by atoms with van der Waals surface area (Å²) < 4.78 is 0. The van der Waals surface area contributed by atoms with E-state index >= 15 is 0 Å². The van der Waals surface area contributed by atoms with Gasteiger partial charge in [-0.05, 0) is 62.3 Å². The molecule has 7 heavy (non-hydrogen) atoms. The van der Waals surface area contributed by atoms with Crippen molar-refractivity contribution in [2.24, 2.45) is 0 Å². The molecule has 0 rings (SSSR count). The second-order valence-corrected chi connectivity index (χ2v) is 27.9. The number of rotatable bonds is 2. The number of hydrogen-bond acceptors (Lipinski definition) is 0. The highest BCUT2D eigenvalue weighted by Gasteiger charge is 2.00. The summed E-state index contributed by atoms with van der Waals surface area (Å²) in [5, 5.41) is 0. The molecule has 7 heteroatoms. The first-order valence-electron chi connectivity index (χ1n) is 1.73. The molecule has 0 spiro atoms. The van der Waals surface area contributed by atoms with Crippen LogP contribution >= 0.6 is 0 Å². The van der Waals surface area contributed by atoms with Crippen LogP contribution in [0.25, 0.3) is 0 Å². The molecule has 0 atom stereocenters. The van der Waals surface area contributed by atoms with Crippen molar-refractivity contribution in [1.82, 2.24) is 0 Å². The van der Waals surface area contributed by atoms with Crippen molar-refractivity contribution in [3.05, 3.63) is 0 Å². The van der Waals surface area contributed by atoms with Gasteiger partial charge in [0.2, 0.25) is 0 Å². The summed E-state index contributed by atoms with van der Waals surface area (Å²) in [7, 11) is 14.1. The monoisotopic (exact) mass is 198 g/mol. The van der Waals surface area contributed by atoms with E-state index in [0.29, 0.717) is 0 Å². The van der Waals surface area contributed by atoms with Crippen molar-refractivity contribution in [2.75, 3.05) is 0 Å². The maximum Gasteiger partial charge on any atom is -0.000683 e. The molecule has 0 fully saturated rings. The van der Waals surface area contributed by atoms with E-state index in [1.807, 2.05) is 0 Å². The van der Waals surface area contributed by atoms with Crippen LogP contribution in [0, 0.1) is 0 Å². The van der Waals surface area contributed by atoms with E-state index in [-0.39, 0.29) is 0 Å². The van der Waals surface area contributed by atoms with Gasteiger partial charge < -0.3 is 0 Å². The molecule has 30 valence electrons. The van der Waals surface area contributed by atoms with E-state index in [0.717, 1.165) is 8.55 Å². The average Bonchev–Trinajstić information content (AvgIpc) is 1.27. The summed E-state index contributed by atoms with van der Waals surface area (Å²) in [6.45, 7) is 0. The molecule has 0 heterocycles. The Hall–Kier alpha value is 1.52. The minimum absolute atomic E-state index is 0.625. The normalized spacial score (nSPS) is 11.1. The Morgan fingerprint density at radius 2 is 1.14 bits per heavy atom. The highest BCUT2D eigenvalue weighted by atomic mass is 30.1. The van der Waals surface area contributed by atoms with Crippen LogP contribution in [0.15, 0.2) is 0 Å². The van der Waals surface area contributed by atoms with Crippen molar-refractivity contribution < 1.29 is 0 Å². The van der Waals surface area contributed by atoms with Crippen LogP contribution in [-0.4, -0.2) is 62.3 Å². The zero-order valence-corrected chi connectivity index (χ0v) is 11.0. The molecule has 0 aliphatic heterocycles. The molecule has 0 nitrogen and oxygen atoms in total. The van der Waals surface area contributed by atoms with Gasteiger partial charge in [-0.1, -0.05) is 0 Å². The largest absolute Gasteiger partial charge is 0.00334 e. The molecule has 0 N–H and O–H groups in total. The summed E-state index contributed by atoms with van der Waals surface area (Å²) in [6.07, 6.45) is 0. The van der Waals surface area contributed by atoms with E-state index in [1.54, 1.807) is 0 Å². The summed E-state index contributed by atoms with van der Waals surface area (Å²) in [5.74, 6) is 0. The number of hydrogen-bond donors (Lipinski definition) is 0. The third-order valence-electron chi connectivity index (χ3n) is 0.333. The lowest BCUT2D eigenvalue weighted by Gasteiger charge is -2.00. The van der Waals surface area contributed by atoms with E-state index < -0.39 is 14.7 Å². The molecular weight excluding hydrogens is 197 g/mol. The molecular formula is H2Si7. The Bertz CT molecular complexity index is 29.3. The zero-order chi connectivity index (χ0) is 5.86. The Kier molecular flexibility index (Phi) is 5.36. The van der Waals surface area contributed by atoms with E-state index in [4.69, 9.17) is 0 Å². The van der Waals surface area contributed by atoms with Crippen LogP contribution in [0.3, 0.4) is 0 Å². The first kappa shape index (κ1) is 8.52. The molecule has 0 saturated heterocycles. The van der Waals surface area contributed by atoms with Gasteiger partial charge in [0.15, 0.2) is 0 Å². The molecule has 0 amide bonds. The molecule has 0 aromatic heterocycles. The fourth-order valence-corrected chi connectivity index (χ4v) is 40.5. The smallest absolute Gasteiger partial charge is 0.000683 e. The van der Waals surface area contributed by atoms with Gasteiger partial charge in [0.25, 0.3) is 0 Å². The van der Waals surface area contributed by atoms with Crippen LogP contribution in [-0.2, 0) is 0 Å². The van der Waals surface area contributed by atoms with Gasteiger partial charge >= 0.3 is 0 Å².